The Hall–Kier alpha value is -2.63. The number of hydrogen-bond acceptors (Lipinski definition) is 5. The fourth-order valence-electron chi connectivity index (χ4n) is 3.25. The van der Waals surface area contributed by atoms with Crippen LogP contribution in [0.5, 0.6) is 0 Å². The van der Waals surface area contributed by atoms with Crippen LogP contribution in [-0.4, -0.2) is 43.3 Å². The van der Waals surface area contributed by atoms with Crippen LogP contribution in [0.25, 0.3) is 0 Å². The highest BCUT2D eigenvalue weighted by Crippen LogP contribution is 2.22. The van der Waals surface area contributed by atoms with Crippen LogP contribution in [0.3, 0.4) is 0 Å². The van der Waals surface area contributed by atoms with Crippen LogP contribution in [0.4, 0.5) is 11.6 Å². The van der Waals surface area contributed by atoms with Gasteiger partial charge in [0.1, 0.15) is 0 Å². The Morgan fingerprint density at radius 1 is 1.19 bits per heavy atom. The van der Waals surface area contributed by atoms with Gasteiger partial charge in [0.05, 0.1) is 0 Å². The van der Waals surface area contributed by atoms with Crippen molar-refractivity contribution in [3.05, 3.63) is 47.5 Å². The Kier molecular flexibility index (Phi) is 5.71. The first-order valence-electron chi connectivity index (χ1n) is 9.12. The number of hydrogen-bond donors (Lipinski definition) is 1. The average Bonchev–Trinajstić information content (AvgIpc) is 2.66. The summed E-state index contributed by atoms with van der Waals surface area (Å²) < 4.78 is 0. The Balaban J connectivity index is 1.49. The third-order valence-corrected chi connectivity index (χ3v) is 4.83. The molecule has 0 atom stereocenters. The third-order valence-electron chi connectivity index (χ3n) is 4.83. The molecule has 0 saturated carbocycles. The molecule has 0 bridgehead atoms. The molecule has 1 saturated heterocycles. The lowest BCUT2D eigenvalue weighted by Gasteiger charge is -2.32. The number of aromatic nitrogens is 2. The molecule has 0 spiro atoms. The molecule has 1 amide bonds. The minimum absolute atomic E-state index is 0.0741. The zero-order valence-corrected chi connectivity index (χ0v) is 15.8. The van der Waals surface area contributed by atoms with Crippen LogP contribution in [0, 0.1) is 12.8 Å². The van der Waals surface area contributed by atoms with Crippen LogP contribution in [0.15, 0.2) is 36.4 Å². The molecule has 1 aromatic carbocycles. The molecule has 0 unspecified atom stereocenters. The maximum absolute atomic E-state index is 12.5. The van der Waals surface area contributed by atoms with E-state index in [2.05, 4.69) is 39.5 Å². The summed E-state index contributed by atoms with van der Waals surface area (Å²) in [5.74, 6) is 1.96. The van der Waals surface area contributed by atoms with Gasteiger partial charge in [0.2, 0.25) is 5.91 Å². The summed E-state index contributed by atoms with van der Waals surface area (Å²) in [4.78, 5) is 16.6. The van der Waals surface area contributed by atoms with Gasteiger partial charge in [-0.2, -0.15) is 0 Å². The van der Waals surface area contributed by atoms with Gasteiger partial charge in [-0.15, -0.1) is 10.2 Å². The minimum Gasteiger partial charge on any atom is -0.361 e. The average molecular weight is 353 g/mol. The molecular weight excluding hydrogens is 326 g/mol. The maximum atomic E-state index is 12.5. The molecule has 1 aliphatic rings. The van der Waals surface area contributed by atoms with Crippen molar-refractivity contribution in [3.8, 4) is 0 Å². The topological polar surface area (TPSA) is 61.4 Å². The maximum Gasteiger partial charge on any atom is 0.223 e. The van der Waals surface area contributed by atoms with Gasteiger partial charge < -0.3 is 15.1 Å². The van der Waals surface area contributed by atoms with E-state index < -0.39 is 0 Å². The molecule has 1 fully saturated rings. The van der Waals surface area contributed by atoms with E-state index in [-0.39, 0.29) is 11.8 Å². The van der Waals surface area contributed by atoms with Gasteiger partial charge >= 0.3 is 0 Å². The number of amides is 1. The van der Waals surface area contributed by atoms with Crippen molar-refractivity contribution in [1.82, 2.24) is 15.5 Å². The molecule has 26 heavy (non-hydrogen) atoms. The zero-order chi connectivity index (χ0) is 18.5. The summed E-state index contributed by atoms with van der Waals surface area (Å²) in [6.07, 6.45) is 1.69. The second kappa shape index (κ2) is 8.17. The Bertz CT molecular complexity index is 736. The molecule has 3 rings (SSSR count). The number of nitrogens with zero attached hydrogens (tertiary/aromatic N) is 4. The number of nitrogens with one attached hydrogen (secondary N) is 1. The lowest BCUT2D eigenvalue weighted by Crippen LogP contribution is -2.40. The standard InChI is InChI=1S/C20H27N5O/c1-15-5-4-6-16(13-15)14-21-20(26)17-9-11-25(12-10-17)19-8-7-18(22-23-19)24(2)3/h4-8,13,17H,9-12,14H2,1-3H3,(H,21,26). The second-order valence-electron chi connectivity index (χ2n) is 7.11. The van der Waals surface area contributed by atoms with Gasteiger partial charge in [-0.3, -0.25) is 4.79 Å². The summed E-state index contributed by atoms with van der Waals surface area (Å²) in [6, 6.07) is 12.2. The minimum atomic E-state index is 0.0741. The first-order chi connectivity index (χ1) is 12.5. The van der Waals surface area contributed by atoms with E-state index in [1.54, 1.807) is 0 Å². The van der Waals surface area contributed by atoms with Crippen LogP contribution in [0.1, 0.15) is 24.0 Å². The van der Waals surface area contributed by atoms with E-state index >= 15 is 0 Å². The Morgan fingerprint density at radius 3 is 2.58 bits per heavy atom. The third kappa shape index (κ3) is 4.50. The molecule has 1 aliphatic heterocycles. The van der Waals surface area contributed by atoms with Crippen molar-refractivity contribution < 1.29 is 4.79 Å². The SMILES string of the molecule is Cc1cccc(CNC(=O)C2CCN(c3ccc(N(C)C)nn3)CC2)c1. The van der Waals surface area contributed by atoms with Crippen molar-refractivity contribution >= 4 is 17.5 Å². The molecule has 2 heterocycles. The molecule has 0 radical (unpaired) electrons. The van der Waals surface area contributed by atoms with Crippen LogP contribution < -0.4 is 15.1 Å². The van der Waals surface area contributed by atoms with Gasteiger partial charge in [-0.05, 0) is 37.5 Å². The number of benzene rings is 1. The fourth-order valence-corrected chi connectivity index (χ4v) is 3.25. The molecule has 6 nitrogen and oxygen atoms in total. The Morgan fingerprint density at radius 2 is 1.96 bits per heavy atom. The lowest BCUT2D eigenvalue weighted by atomic mass is 9.96. The number of rotatable bonds is 5. The van der Waals surface area contributed by atoms with Gasteiger partial charge in [-0.25, -0.2) is 0 Å². The van der Waals surface area contributed by atoms with E-state index in [9.17, 15) is 4.79 Å². The molecule has 1 aromatic heterocycles. The predicted molar refractivity (Wildman–Crippen MR) is 104 cm³/mol. The molecule has 0 aliphatic carbocycles. The largest absolute Gasteiger partial charge is 0.361 e. The van der Waals surface area contributed by atoms with Gasteiger partial charge in [0, 0.05) is 39.6 Å². The van der Waals surface area contributed by atoms with Crippen molar-refractivity contribution in [2.75, 3.05) is 37.0 Å². The number of carbonyl (C=O) groups is 1. The van der Waals surface area contributed by atoms with Gasteiger partial charge in [0.25, 0.3) is 0 Å². The van der Waals surface area contributed by atoms with E-state index in [0.717, 1.165) is 43.1 Å². The zero-order valence-electron chi connectivity index (χ0n) is 15.8. The predicted octanol–water partition coefficient (Wildman–Crippen LogP) is 2.38. The van der Waals surface area contributed by atoms with Crippen LogP contribution in [0.2, 0.25) is 0 Å². The van der Waals surface area contributed by atoms with E-state index in [0.29, 0.717) is 6.54 Å². The van der Waals surface area contributed by atoms with Crippen molar-refractivity contribution in [1.29, 1.82) is 0 Å². The summed E-state index contributed by atoms with van der Waals surface area (Å²) in [7, 11) is 3.90. The van der Waals surface area contributed by atoms with Gasteiger partial charge in [0.15, 0.2) is 11.6 Å². The number of aryl methyl sites for hydroxylation is 1. The highest BCUT2D eigenvalue weighted by atomic mass is 16.1. The molecule has 1 N–H and O–H groups in total. The number of piperidine rings is 1. The lowest BCUT2D eigenvalue weighted by molar-refractivity contribution is -0.125. The fraction of sp³-hybridized carbons (Fsp3) is 0.450. The monoisotopic (exact) mass is 353 g/mol. The van der Waals surface area contributed by atoms with Crippen LogP contribution in [-0.2, 0) is 11.3 Å². The molecule has 6 heteroatoms. The molecule has 138 valence electrons. The van der Waals surface area contributed by atoms with E-state index in [4.69, 9.17) is 0 Å². The van der Waals surface area contributed by atoms with E-state index in [1.807, 2.05) is 43.3 Å². The Labute approximate surface area is 155 Å². The van der Waals surface area contributed by atoms with E-state index in [1.165, 1.54) is 5.56 Å². The molecular formula is C20H27N5O. The number of carbonyl (C=O) groups excluding carboxylic acids is 1. The van der Waals surface area contributed by atoms with Crippen molar-refractivity contribution in [2.45, 2.75) is 26.3 Å². The number of anilines is 2. The quantitative estimate of drug-likeness (QED) is 0.894. The smallest absolute Gasteiger partial charge is 0.223 e. The summed E-state index contributed by atoms with van der Waals surface area (Å²) >= 11 is 0. The summed E-state index contributed by atoms with van der Waals surface area (Å²) in [6.45, 7) is 4.32. The second-order valence-corrected chi connectivity index (χ2v) is 7.11. The highest BCUT2D eigenvalue weighted by Gasteiger charge is 2.25. The first-order valence-corrected chi connectivity index (χ1v) is 9.12. The summed E-state index contributed by atoms with van der Waals surface area (Å²) in [5, 5.41) is 11.6. The summed E-state index contributed by atoms with van der Waals surface area (Å²) in [5.41, 5.74) is 2.36. The first kappa shape index (κ1) is 18.2. The van der Waals surface area contributed by atoms with Crippen LogP contribution >= 0.6 is 0 Å². The normalized spacial score (nSPS) is 15.0. The molecule has 2 aromatic rings. The van der Waals surface area contributed by atoms with Crippen molar-refractivity contribution in [2.24, 2.45) is 5.92 Å². The highest BCUT2D eigenvalue weighted by molar-refractivity contribution is 5.79. The van der Waals surface area contributed by atoms with Crippen molar-refractivity contribution in [3.63, 3.8) is 0 Å². The van der Waals surface area contributed by atoms with Gasteiger partial charge in [-0.1, -0.05) is 29.8 Å².